The van der Waals surface area contributed by atoms with Crippen LogP contribution in [0.1, 0.15) is 16.7 Å². The fourth-order valence-electron chi connectivity index (χ4n) is 2.32. The quantitative estimate of drug-likeness (QED) is 0.868. The summed E-state index contributed by atoms with van der Waals surface area (Å²) < 4.78 is 13.6. The van der Waals surface area contributed by atoms with E-state index in [-0.39, 0.29) is 5.82 Å². The molecule has 0 aliphatic carbocycles. The second-order valence-corrected chi connectivity index (χ2v) is 6.04. The molecule has 0 aromatic heterocycles. The lowest BCUT2D eigenvalue weighted by Gasteiger charge is -2.13. The van der Waals surface area contributed by atoms with Crippen LogP contribution in [0.4, 0.5) is 4.39 Å². The van der Waals surface area contributed by atoms with Crippen LogP contribution in [-0.4, -0.2) is 11.1 Å². The Balaban J connectivity index is 2.15. The van der Waals surface area contributed by atoms with Crippen molar-refractivity contribution < 1.29 is 14.3 Å². The SMILES string of the molecule is Cc1cccc(CC(Cc2ccc(F)c(Br)c2)C(=O)O)c1. The molecule has 2 nitrogen and oxygen atoms in total. The minimum atomic E-state index is -0.836. The van der Waals surface area contributed by atoms with Crippen molar-refractivity contribution in [3.8, 4) is 0 Å². The summed E-state index contributed by atoms with van der Waals surface area (Å²) in [5.41, 5.74) is 2.92. The average molecular weight is 351 g/mol. The number of carboxylic acids is 1. The van der Waals surface area contributed by atoms with Crippen LogP contribution in [0.15, 0.2) is 46.9 Å². The molecule has 0 saturated carbocycles. The van der Waals surface area contributed by atoms with E-state index in [0.717, 1.165) is 16.7 Å². The highest BCUT2D eigenvalue weighted by Crippen LogP contribution is 2.21. The van der Waals surface area contributed by atoms with Gasteiger partial charge in [-0.05, 0) is 59.0 Å². The van der Waals surface area contributed by atoms with E-state index in [1.165, 1.54) is 6.07 Å². The zero-order chi connectivity index (χ0) is 15.4. The van der Waals surface area contributed by atoms with Gasteiger partial charge >= 0.3 is 5.97 Å². The minimum Gasteiger partial charge on any atom is -0.481 e. The van der Waals surface area contributed by atoms with Gasteiger partial charge in [0.1, 0.15) is 5.82 Å². The van der Waals surface area contributed by atoms with Crippen LogP contribution in [-0.2, 0) is 17.6 Å². The first kappa shape index (κ1) is 15.7. The molecule has 0 aliphatic heterocycles. The van der Waals surface area contributed by atoms with E-state index in [2.05, 4.69) is 15.9 Å². The van der Waals surface area contributed by atoms with Crippen LogP contribution < -0.4 is 0 Å². The van der Waals surface area contributed by atoms with E-state index >= 15 is 0 Å². The maximum absolute atomic E-state index is 13.2. The van der Waals surface area contributed by atoms with Gasteiger partial charge in [0.15, 0.2) is 0 Å². The van der Waals surface area contributed by atoms with E-state index in [1.54, 1.807) is 12.1 Å². The molecule has 0 fully saturated rings. The molecular formula is C17H16BrFO2. The summed E-state index contributed by atoms with van der Waals surface area (Å²) in [6.45, 7) is 1.98. The van der Waals surface area contributed by atoms with Gasteiger partial charge in [-0.15, -0.1) is 0 Å². The highest BCUT2D eigenvalue weighted by atomic mass is 79.9. The van der Waals surface area contributed by atoms with Gasteiger partial charge in [0.05, 0.1) is 10.4 Å². The van der Waals surface area contributed by atoms with Gasteiger partial charge in [0.2, 0.25) is 0 Å². The van der Waals surface area contributed by atoms with Crippen molar-refractivity contribution >= 4 is 21.9 Å². The molecule has 2 aromatic carbocycles. The van der Waals surface area contributed by atoms with Crippen molar-refractivity contribution in [2.45, 2.75) is 19.8 Å². The van der Waals surface area contributed by atoms with Crippen LogP contribution >= 0.6 is 15.9 Å². The van der Waals surface area contributed by atoms with Gasteiger partial charge in [-0.25, -0.2) is 4.39 Å². The Kier molecular flexibility index (Phi) is 5.12. The van der Waals surface area contributed by atoms with E-state index in [1.807, 2.05) is 31.2 Å². The summed E-state index contributed by atoms with van der Waals surface area (Å²) >= 11 is 3.13. The second kappa shape index (κ2) is 6.85. The number of halogens is 2. The Morgan fingerprint density at radius 3 is 2.43 bits per heavy atom. The smallest absolute Gasteiger partial charge is 0.307 e. The molecule has 0 bridgehead atoms. The third kappa shape index (κ3) is 4.39. The maximum Gasteiger partial charge on any atom is 0.307 e. The summed E-state index contributed by atoms with van der Waals surface area (Å²) in [5, 5.41) is 9.40. The molecule has 0 saturated heterocycles. The lowest BCUT2D eigenvalue weighted by molar-refractivity contribution is -0.141. The van der Waals surface area contributed by atoms with Crippen molar-refractivity contribution in [1.82, 2.24) is 0 Å². The zero-order valence-electron chi connectivity index (χ0n) is 11.6. The molecule has 4 heteroatoms. The number of hydrogen-bond donors (Lipinski definition) is 1. The number of hydrogen-bond acceptors (Lipinski definition) is 1. The maximum atomic E-state index is 13.2. The fourth-order valence-corrected chi connectivity index (χ4v) is 2.75. The molecule has 0 radical (unpaired) electrons. The Morgan fingerprint density at radius 2 is 1.86 bits per heavy atom. The monoisotopic (exact) mass is 350 g/mol. The first-order chi connectivity index (χ1) is 9.95. The molecule has 1 N–H and O–H groups in total. The molecule has 0 spiro atoms. The molecular weight excluding hydrogens is 335 g/mol. The highest BCUT2D eigenvalue weighted by molar-refractivity contribution is 9.10. The van der Waals surface area contributed by atoms with Crippen molar-refractivity contribution in [2.75, 3.05) is 0 Å². The Morgan fingerprint density at radius 1 is 1.19 bits per heavy atom. The number of rotatable bonds is 5. The molecule has 1 unspecified atom stereocenters. The molecule has 110 valence electrons. The predicted molar refractivity (Wildman–Crippen MR) is 83.8 cm³/mol. The lowest BCUT2D eigenvalue weighted by Crippen LogP contribution is -2.19. The molecule has 0 aliphatic rings. The molecule has 2 rings (SSSR count). The summed E-state index contributed by atoms with van der Waals surface area (Å²) in [6, 6.07) is 12.5. The van der Waals surface area contributed by atoms with E-state index in [4.69, 9.17) is 0 Å². The molecule has 2 aromatic rings. The molecule has 21 heavy (non-hydrogen) atoms. The number of carboxylic acid groups (broad SMARTS) is 1. The van der Waals surface area contributed by atoms with Crippen molar-refractivity contribution in [2.24, 2.45) is 5.92 Å². The summed E-state index contributed by atoms with van der Waals surface area (Å²) in [4.78, 5) is 11.5. The van der Waals surface area contributed by atoms with Gasteiger partial charge in [-0.2, -0.15) is 0 Å². The highest BCUT2D eigenvalue weighted by Gasteiger charge is 2.19. The van der Waals surface area contributed by atoms with Gasteiger partial charge in [0.25, 0.3) is 0 Å². The molecule has 0 amide bonds. The second-order valence-electron chi connectivity index (χ2n) is 5.18. The van der Waals surface area contributed by atoms with E-state index in [9.17, 15) is 14.3 Å². The van der Waals surface area contributed by atoms with Crippen molar-refractivity contribution in [3.63, 3.8) is 0 Å². The predicted octanol–water partition coefficient (Wildman–Crippen LogP) is 4.38. The van der Waals surface area contributed by atoms with Crippen molar-refractivity contribution in [1.29, 1.82) is 0 Å². The molecule has 1 atom stereocenters. The topological polar surface area (TPSA) is 37.3 Å². The Hall–Kier alpha value is -1.68. The van der Waals surface area contributed by atoms with Crippen LogP contribution in [0.2, 0.25) is 0 Å². The third-order valence-electron chi connectivity index (χ3n) is 3.38. The first-order valence-corrected chi connectivity index (χ1v) is 7.47. The summed E-state index contributed by atoms with van der Waals surface area (Å²) in [6.07, 6.45) is 0.841. The van der Waals surface area contributed by atoms with Crippen LogP contribution in [0.3, 0.4) is 0 Å². The largest absolute Gasteiger partial charge is 0.481 e. The number of benzene rings is 2. The van der Waals surface area contributed by atoms with Crippen molar-refractivity contribution in [3.05, 3.63) is 69.4 Å². The minimum absolute atomic E-state index is 0.343. The zero-order valence-corrected chi connectivity index (χ0v) is 13.2. The van der Waals surface area contributed by atoms with Gasteiger partial charge < -0.3 is 5.11 Å². The van der Waals surface area contributed by atoms with Gasteiger partial charge in [0, 0.05) is 0 Å². The van der Waals surface area contributed by atoms with Gasteiger partial charge in [-0.1, -0.05) is 35.9 Å². The summed E-state index contributed by atoms with van der Waals surface area (Å²) in [5.74, 6) is -1.70. The van der Waals surface area contributed by atoms with E-state index in [0.29, 0.717) is 17.3 Å². The normalized spacial score (nSPS) is 12.1. The fraction of sp³-hybridized carbons (Fsp3) is 0.235. The lowest BCUT2D eigenvalue weighted by atomic mass is 9.92. The van der Waals surface area contributed by atoms with E-state index < -0.39 is 11.9 Å². The van der Waals surface area contributed by atoms with Gasteiger partial charge in [-0.3, -0.25) is 4.79 Å². The molecule has 0 heterocycles. The average Bonchev–Trinajstić information content (AvgIpc) is 2.42. The first-order valence-electron chi connectivity index (χ1n) is 6.68. The third-order valence-corrected chi connectivity index (χ3v) is 3.99. The van der Waals surface area contributed by atoms with Crippen LogP contribution in [0, 0.1) is 18.7 Å². The summed E-state index contributed by atoms with van der Waals surface area (Å²) in [7, 11) is 0. The number of aliphatic carboxylic acids is 1. The standard InChI is InChI=1S/C17H16BrFO2/c1-11-3-2-4-12(7-11)8-14(17(20)21)9-13-5-6-16(19)15(18)10-13/h2-7,10,14H,8-9H2,1H3,(H,20,21). The van der Waals surface area contributed by atoms with Crippen LogP contribution in [0.25, 0.3) is 0 Å². The Labute approximate surface area is 131 Å². The number of carbonyl (C=O) groups is 1. The Bertz CT molecular complexity index is 655. The van der Waals surface area contributed by atoms with Crippen LogP contribution in [0.5, 0.6) is 0 Å². The number of aryl methyl sites for hydroxylation is 1.